The molecule has 0 atom stereocenters. The maximum atomic E-state index is 3.67. The van der Waals surface area contributed by atoms with Gasteiger partial charge in [0.05, 0.1) is 0 Å². The first kappa shape index (κ1) is 9.57. The normalized spacial score (nSPS) is 19.9. The fourth-order valence-corrected chi connectivity index (χ4v) is 3.40. The summed E-state index contributed by atoms with van der Waals surface area (Å²) in [5.41, 5.74) is 0.637. The number of hydrogen-bond donors (Lipinski definition) is 0. The highest BCUT2D eigenvalue weighted by atomic mass is 79.9. The van der Waals surface area contributed by atoms with Gasteiger partial charge in [-0.05, 0) is 37.0 Å². The van der Waals surface area contributed by atoms with Gasteiger partial charge in [0.25, 0.3) is 0 Å². The minimum absolute atomic E-state index is 0.637. The van der Waals surface area contributed by atoms with Crippen molar-refractivity contribution < 1.29 is 0 Å². The Hall–Kier alpha value is 0.480. The number of alkyl halides is 1. The molecule has 0 amide bonds. The topological polar surface area (TPSA) is 0 Å². The Balaban J connectivity index is 2.54. The van der Waals surface area contributed by atoms with Gasteiger partial charge in [-0.2, -0.15) is 0 Å². The lowest BCUT2D eigenvalue weighted by Gasteiger charge is -2.43. The van der Waals surface area contributed by atoms with E-state index in [9.17, 15) is 0 Å². The second-order valence-electron chi connectivity index (χ2n) is 3.83. The van der Waals surface area contributed by atoms with E-state index in [1.165, 1.54) is 37.4 Å². The van der Waals surface area contributed by atoms with Crippen molar-refractivity contribution in [1.82, 2.24) is 0 Å². The minimum atomic E-state index is 0.637. The Morgan fingerprint density at radius 1 is 1.27 bits per heavy atom. The fraction of sp³-hybridized carbons (Fsp3) is 1.00. The van der Waals surface area contributed by atoms with Crippen molar-refractivity contribution >= 4 is 15.9 Å². The van der Waals surface area contributed by atoms with Crippen molar-refractivity contribution in [1.29, 1.82) is 0 Å². The molecule has 1 rings (SSSR count). The average molecular weight is 219 g/mol. The van der Waals surface area contributed by atoms with Crippen LogP contribution in [0.1, 0.15) is 46.0 Å². The molecule has 0 aromatic heterocycles. The molecule has 0 nitrogen and oxygen atoms in total. The van der Waals surface area contributed by atoms with Crippen LogP contribution in [0.4, 0.5) is 0 Å². The number of hydrogen-bond acceptors (Lipinski definition) is 0. The van der Waals surface area contributed by atoms with Gasteiger partial charge in [-0.15, -0.1) is 0 Å². The second-order valence-corrected chi connectivity index (χ2v) is 4.39. The highest BCUT2D eigenvalue weighted by Gasteiger charge is 2.37. The third-order valence-electron chi connectivity index (χ3n) is 3.65. The predicted molar refractivity (Wildman–Crippen MR) is 54.2 cm³/mol. The van der Waals surface area contributed by atoms with Crippen LogP contribution in [0.25, 0.3) is 0 Å². The molecular weight excluding hydrogens is 200 g/mol. The Labute approximate surface area is 78.9 Å². The number of rotatable bonds is 4. The second kappa shape index (κ2) is 3.93. The third-order valence-corrected chi connectivity index (χ3v) is 4.76. The largest absolute Gasteiger partial charge is 0.0922 e. The molecule has 66 valence electrons. The van der Waals surface area contributed by atoms with E-state index in [2.05, 4.69) is 29.8 Å². The third kappa shape index (κ3) is 1.63. The van der Waals surface area contributed by atoms with Crippen molar-refractivity contribution in [2.24, 2.45) is 11.3 Å². The Morgan fingerprint density at radius 3 is 1.91 bits per heavy atom. The molecule has 1 fully saturated rings. The summed E-state index contributed by atoms with van der Waals surface area (Å²) in [6, 6.07) is 0. The van der Waals surface area contributed by atoms with Crippen LogP contribution >= 0.6 is 15.9 Å². The Bertz CT molecular complexity index is 104. The summed E-state index contributed by atoms with van der Waals surface area (Å²) < 4.78 is 0. The maximum absolute atomic E-state index is 3.67. The van der Waals surface area contributed by atoms with Crippen molar-refractivity contribution in [3.05, 3.63) is 0 Å². The zero-order chi connectivity index (χ0) is 8.32. The summed E-state index contributed by atoms with van der Waals surface area (Å²) in [5, 5.41) is 1.21. The minimum Gasteiger partial charge on any atom is -0.0922 e. The molecule has 0 radical (unpaired) electrons. The summed E-state index contributed by atoms with van der Waals surface area (Å²) in [5.74, 6) is 1.02. The maximum Gasteiger partial charge on any atom is 0.00904 e. The molecule has 0 aromatic carbocycles. The van der Waals surface area contributed by atoms with E-state index in [4.69, 9.17) is 0 Å². The van der Waals surface area contributed by atoms with Gasteiger partial charge >= 0.3 is 0 Å². The molecule has 0 bridgehead atoms. The van der Waals surface area contributed by atoms with Gasteiger partial charge in [-0.3, -0.25) is 0 Å². The monoisotopic (exact) mass is 218 g/mol. The summed E-state index contributed by atoms with van der Waals surface area (Å²) in [4.78, 5) is 0. The van der Waals surface area contributed by atoms with Gasteiger partial charge in [-0.1, -0.05) is 36.2 Å². The molecule has 0 heterocycles. The van der Waals surface area contributed by atoms with E-state index in [1.54, 1.807) is 0 Å². The Morgan fingerprint density at radius 2 is 1.82 bits per heavy atom. The zero-order valence-electron chi connectivity index (χ0n) is 7.70. The highest BCUT2D eigenvalue weighted by Crippen LogP contribution is 2.47. The lowest BCUT2D eigenvalue weighted by atomic mass is 9.64. The average Bonchev–Trinajstić information content (AvgIpc) is 1.97. The van der Waals surface area contributed by atoms with Gasteiger partial charge in [0.1, 0.15) is 0 Å². The highest BCUT2D eigenvalue weighted by molar-refractivity contribution is 9.09. The molecule has 1 heteroatoms. The molecule has 1 aliphatic rings. The van der Waals surface area contributed by atoms with Gasteiger partial charge < -0.3 is 0 Å². The molecule has 0 N–H and O–H groups in total. The van der Waals surface area contributed by atoms with Crippen LogP contribution in [-0.4, -0.2) is 5.33 Å². The molecule has 1 aliphatic carbocycles. The lowest BCUT2D eigenvalue weighted by Crippen LogP contribution is -2.35. The smallest absolute Gasteiger partial charge is 0.00904 e. The van der Waals surface area contributed by atoms with Crippen LogP contribution in [-0.2, 0) is 0 Å². The fourth-order valence-electron chi connectivity index (χ4n) is 2.15. The van der Waals surface area contributed by atoms with Crippen LogP contribution in [0.2, 0.25) is 0 Å². The Kier molecular flexibility index (Phi) is 3.42. The van der Waals surface area contributed by atoms with E-state index in [1.807, 2.05) is 0 Å². The van der Waals surface area contributed by atoms with Crippen molar-refractivity contribution in [2.75, 3.05) is 5.33 Å². The predicted octanol–water partition coefficient (Wildman–Crippen LogP) is 3.99. The van der Waals surface area contributed by atoms with E-state index in [0.717, 1.165) is 5.92 Å². The molecule has 1 saturated carbocycles. The summed E-state index contributed by atoms with van der Waals surface area (Å²) >= 11 is 3.67. The van der Waals surface area contributed by atoms with E-state index >= 15 is 0 Å². The van der Waals surface area contributed by atoms with E-state index in [-0.39, 0.29) is 0 Å². The molecule has 11 heavy (non-hydrogen) atoms. The SMILES string of the molecule is CCC(CC)(CBr)C1CCC1. The number of halogens is 1. The molecule has 0 unspecified atom stereocenters. The van der Waals surface area contributed by atoms with Crippen LogP contribution in [0, 0.1) is 11.3 Å². The first-order valence-corrected chi connectivity index (χ1v) is 5.97. The first-order valence-electron chi connectivity index (χ1n) is 4.85. The van der Waals surface area contributed by atoms with Crippen LogP contribution < -0.4 is 0 Å². The molecule has 0 aliphatic heterocycles. The molecule has 0 saturated heterocycles. The van der Waals surface area contributed by atoms with Crippen molar-refractivity contribution in [2.45, 2.75) is 46.0 Å². The van der Waals surface area contributed by atoms with Gasteiger partial charge in [-0.25, -0.2) is 0 Å². The molecular formula is C10H19Br. The van der Waals surface area contributed by atoms with Gasteiger partial charge in [0, 0.05) is 5.33 Å². The van der Waals surface area contributed by atoms with Crippen LogP contribution in [0.5, 0.6) is 0 Å². The lowest BCUT2D eigenvalue weighted by molar-refractivity contribution is 0.0983. The van der Waals surface area contributed by atoms with Gasteiger partial charge in [0.2, 0.25) is 0 Å². The molecule has 0 aromatic rings. The van der Waals surface area contributed by atoms with Gasteiger partial charge in [0.15, 0.2) is 0 Å². The van der Waals surface area contributed by atoms with Crippen LogP contribution in [0.15, 0.2) is 0 Å². The van der Waals surface area contributed by atoms with E-state index in [0.29, 0.717) is 5.41 Å². The van der Waals surface area contributed by atoms with Crippen LogP contribution in [0.3, 0.4) is 0 Å². The van der Waals surface area contributed by atoms with E-state index < -0.39 is 0 Å². The summed E-state index contributed by atoms with van der Waals surface area (Å²) in [7, 11) is 0. The zero-order valence-corrected chi connectivity index (χ0v) is 9.28. The quantitative estimate of drug-likeness (QED) is 0.627. The summed E-state index contributed by atoms with van der Waals surface area (Å²) in [6.07, 6.45) is 7.12. The first-order chi connectivity index (χ1) is 5.29. The standard InChI is InChI=1S/C10H19Br/c1-3-10(4-2,8-11)9-6-5-7-9/h9H,3-8H2,1-2H3. The van der Waals surface area contributed by atoms with Crippen molar-refractivity contribution in [3.63, 3.8) is 0 Å². The van der Waals surface area contributed by atoms with Crippen molar-refractivity contribution in [3.8, 4) is 0 Å². The molecule has 0 spiro atoms. The summed E-state index contributed by atoms with van der Waals surface area (Å²) in [6.45, 7) is 4.67.